The van der Waals surface area contributed by atoms with E-state index in [9.17, 15) is 14.3 Å². The summed E-state index contributed by atoms with van der Waals surface area (Å²) in [6, 6.07) is 9.63. The number of halogens is 1. The number of carboxylic acid groups (broad SMARTS) is 1. The zero-order valence-electron chi connectivity index (χ0n) is 9.64. The maximum atomic E-state index is 13.6. The van der Waals surface area contributed by atoms with E-state index in [-0.39, 0.29) is 18.7 Å². The summed E-state index contributed by atoms with van der Waals surface area (Å²) in [5, 5.41) is 19.6. The van der Waals surface area contributed by atoms with Gasteiger partial charge in [0.15, 0.2) is 0 Å². The van der Waals surface area contributed by atoms with Crippen LogP contribution in [0.1, 0.15) is 24.5 Å². The van der Waals surface area contributed by atoms with E-state index in [1.807, 2.05) is 0 Å². The van der Waals surface area contributed by atoms with Crippen molar-refractivity contribution in [1.29, 1.82) is 0 Å². The van der Waals surface area contributed by atoms with Crippen molar-refractivity contribution in [3.63, 3.8) is 0 Å². The van der Waals surface area contributed by atoms with Crippen molar-refractivity contribution in [2.24, 2.45) is 0 Å². The van der Waals surface area contributed by atoms with E-state index in [0.717, 1.165) is 0 Å². The van der Waals surface area contributed by atoms with Gasteiger partial charge in [-0.1, -0.05) is 30.3 Å². The highest BCUT2D eigenvalue weighted by Gasteiger charge is 2.14. The van der Waals surface area contributed by atoms with Gasteiger partial charge in [0.05, 0.1) is 6.10 Å². The Labute approximate surface area is 103 Å². The Bertz CT molecular complexity index is 580. The predicted octanol–water partition coefficient (Wildman–Crippen LogP) is 2.88. The van der Waals surface area contributed by atoms with E-state index in [1.165, 1.54) is 12.1 Å². The van der Waals surface area contributed by atoms with Gasteiger partial charge in [-0.3, -0.25) is 4.79 Å². The van der Waals surface area contributed by atoms with Crippen molar-refractivity contribution in [3.05, 3.63) is 47.8 Å². The molecule has 0 heterocycles. The number of benzene rings is 2. The van der Waals surface area contributed by atoms with E-state index in [1.54, 1.807) is 24.3 Å². The van der Waals surface area contributed by atoms with Gasteiger partial charge < -0.3 is 10.2 Å². The van der Waals surface area contributed by atoms with Crippen molar-refractivity contribution in [1.82, 2.24) is 0 Å². The molecule has 0 saturated carbocycles. The lowest BCUT2D eigenvalue weighted by Gasteiger charge is -2.13. The van der Waals surface area contributed by atoms with Gasteiger partial charge in [-0.25, -0.2) is 4.39 Å². The quantitative estimate of drug-likeness (QED) is 0.874. The smallest absolute Gasteiger partial charge is 0.303 e. The van der Waals surface area contributed by atoms with Crippen molar-refractivity contribution in [3.8, 4) is 0 Å². The van der Waals surface area contributed by atoms with Gasteiger partial charge in [-0.2, -0.15) is 0 Å². The summed E-state index contributed by atoms with van der Waals surface area (Å²) in [5.74, 6) is -1.31. The Morgan fingerprint density at radius 3 is 2.50 bits per heavy atom. The molecule has 4 heteroatoms. The minimum absolute atomic E-state index is 0.116. The maximum absolute atomic E-state index is 13.6. The van der Waals surface area contributed by atoms with Crippen LogP contribution >= 0.6 is 0 Å². The van der Waals surface area contributed by atoms with Crippen molar-refractivity contribution < 1.29 is 19.4 Å². The molecular weight excluding hydrogens is 235 g/mol. The van der Waals surface area contributed by atoms with Gasteiger partial charge in [-0.05, 0) is 23.4 Å². The molecule has 0 spiro atoms. The number of fused-ring (bicyclic) bond motifs is 1. The van der Waals surface area contributed by atoms with E-state index < -0.39 is 12.1 Å². The van der Waals surface area contributed by atoms with Crippen LogP contribution in [0.5, 0.6) is 0 Å². The molecule has 1 atom stereocenters. The molecule has 94 valence electrons. The SMILES string of the molecule is O=C(O)CC[C@@H](O)c1ccc(F)c2ccccc12. The van der Waals surface area contributed by atoms with Crippen LogP contribution in [0.2, 0.25) is 0 Å². The number of hydrogen-bond acceptors (Lipinski definition) is 2. The zero-order chi connectivity index (χ0) is 13.1. The lowest BCUT2D eigenvalue weighted by molar-refractivity contribution is -0.137. The fourth-order valence-electron chi connectivity index (χ4n) is 1.99. The number of rotatable bonds is 4. The van der Waals surface area contributed by atoms with Crippen molar-refractivity contribution in [2.45, 2.75) is 18.9 Å². The Balaban J connectivity index is 2.39. The largest absolute Gasteiger partial charge is 0.481 e. The molecule has 0 aromatic heterocycles. The molecule has 0 radical (unpaired) electrons. The number of aliphatic carboxylic acids is 1. The standard InChI is InChI=1S/C14H13FO3/c15-12-6-5-11(13(16)7-8-14(17)18)9-3-1-2-4-10(9)12/h1-6,13,16H,7-8H2,(H,17,18)/t13-/m1/s1. The molecule has 0 aliphatic rings. The summed E-state index contributed by atoms with van der Waals surface area (Å²) in [4.78, 5) is 10.5. The molecule has 18 heavy (non-hydrogen) atoms. The number of aliphatic hydroxyl groups is 1. The Hall–Kier alpha value is -1.94. The van der Waals surface area contributed by atoms with Gasteiger partial charge in [0.25, 0.3) is 0 Å². The third-order valence-electron chi connectivity index (χ3n) is 2.90. The van der Waals surface area contributed by atoms with Crippen LogP contribution in [0.25, 0.3) is 10.8 Å². The van der Waals surface area contributed by atoms with Crippen LogP contribution in [0.4, 0.5) is 4.39 Å². The third kappa shape index (κ3) is 2.49. The first-order valence-corrected chi connectivity index (χ1v) is 5.66. The molecular formula is C14H13FO3. The second kappa shape index (κ2) is 5.14. The first-order valence-electron chi connectivity index (χ1n) is 5.66. The van der Waals surface area contributed by atoms with Gasteiger partial charge in [0.2, 0.25) is 0 Å². The fourth-order valence-corrected chi connectivity index (χ4v) is 1.99. The van der Waals surface area contributed by atoms with E-state index in [2.05, 4.69) is 0 Å². The van der Waals surface area contributed by atoms with Crippen LogP contribution in [0.3, 0.4) is 0 Å². The Morgan fingerprint density at radius 1 is 1.17 bits per heavy atom. The molecule has 3 nitrogen and oxygen atoms in total. The molecule has 0 saturated heterocycles. The molecule has 0 amide bonds. The monoisotopic (exact) mass is 248 g/mol. The molecule has 0 aliphatic heterocycles. The number of aliphatic hydroxyl groups excluding tert-OH is 1. The minimum Gasteiger partial charge on any atom is -0.481 e. The summed E-state index contributed by atoms with van der Waals surface area (Å²) in [6.45, 7) is 0. The fraction of sp³-hybridized carbons (Fsp3) is 0.214. The number of carboxylic acids is 1. The summed E-state index contributed by atoms with van der Waals surface area (Å²) in [5.41, 5.74) is 0.563. The summed E-state index contributed by atoms with van der Waals surface area (Å²) in [7, 11) is 0. The summed E-state index contributed by atoms with van der Waals surface area (Å²) >= 11 is 0. The lowest BCUT2D eigenvalue weighted by atomic mass is 9.97. The predicted molar refractivity (Wildman–Crippen MR) is 65.7 cm³/mol. The molecule has 0 bridgehead atoms. The van der Waals surface area contributed by atoms with Gasteiger partial charge in [0.1, 0.15) is 5.82 Å². The van der Waals surface area contributed by atoms with Crippen molar-refractivity contribution in [2.75, 3.05) is 0 Å². The van der Waals surface area contributed by atoms with Crippen molar-refractivity contribution >= 4 is 16.7 Å². The van der Waals surface area contributed by atoms with Crippen LogP contribution in [-0.4, -0.2) is 16.2 Å². The lowest BCUT2D eigenvalue weighted by Crippen LogP contribution is -2.03. The van der Waals surface area contributed by atoms with Gasteiger partial charge in [-0.15, -0.1) is 0 Å². The van der Waals surface area contributed by atoms with E-state index in [0.29, 0.717) is 16.3 Å². The minimum atomic E-state index is -0.958. The van der Waals surface area contributed by atoms with Crippen LogP contribution in [0, 0.1) is 5.82 Å². The second-order valence-corrected chi connectivity index (χ2v) is 4.13. The third-order valence-corrected chi connectivity index (χ3v) is 2.90. The Kier molecular flexibility index (Phi) is 3.58. The topological polar surface area (TPSA) is 57.5 Å². The molecule has 2 rings (SSSR count). The Morgan fingerprint density at radius 2 is 1.83 bits per heavy atom. The van der Waals surface area contributed by atoms with Gasteiger partial charge in [0, 0.05) is 11.8 Å². The maximum Gasteiger partial charge on any atom is 0.303 e. The summed E-state index contributed by atoms with van der Waals surface area (Å²) < 4.78 is 13.6. The highest BCUT2D eigenvalue weighted by molar-refractivity contribution is 5.86. The van der Waals surface area contributed by atoms with Gasteiger partial charge >= 0.3 is 5.97 Å². The zero-order valence-corrected chi connectivity index (χ0v) is 9.64. The normalized spacial score (nSPS) is 12.6. The first kappa shape index (κ1) is 12.5. The summed E-state index contributed by atoms with van der Waals surface area (Å²) in [6.07, 6.45) is -0.899. The molecule has 2 aromatic rings. The molecule has 2 aromatic carbocycles. The van der Waals surface area contributed by atoms with E-state index >= 15 is 0 Å². The second-order valence-electron chi connectivity index (χ2n) is 4.13. The average Bonchev–Trinajstić information content (AvgIpc) is 2.37. The number of carbonyl (C=O) groups is 1. The average molecular weight is 248 g/mol. The number of hydrogen-bond donors (Lipinski definition) is 2. The molecule has 0 aliphatic carbocycles. The highest BCUT2D eigenvalue weighted by Crippen LogP contribution is 2.28. The highest BCUT2D eigenvalue weighted by atomic mass is 19.1. The first-order chi connectivity index (χ1) is 8.59. The molecule has 2 N–H and O–H groups in total. The van der Waals surface area contributed by atoms with Crippen LogP contribution < -0.4 is 0 Å². The van der Waals surface area contributed by atoms with Crippen LogP contribution in [0.15, 0.2) is 36.4 Å². The molecule has 0 fully saturated rings. The van der Waals surface area contributed by atoms with E-state index in [4.69, 9.17) is 5.11 Å². The molecule has 0 unspecified atom stereocenters. The van der Waals surface area contributed by atoms with Crippen LogP contribution in [-0.2, 0) is 4.79 Å².